The fourth-order valence-electron chi connectivity index (χ4n) is 4.68. The number of amides is 1. The summed E-state index contributed by atoms with van der Waals surface area (Å²) in [6, 6.07) is 25.3. The van der Waals surface area contributed by atoms with Crippen molar-refractivity contribution in [2.24, 2.45) is 5.41 Å². The van der Waals surface area contributed by atoms with Crippen molar-refractivity contribution in [3.8, 4) is 5.75 Å². The highest BCUT2D eigenvalue weighted by atomic mass is 32.1. The van der Waals surface area contributed by atoms with Gasteiger partial charge >= 0.3 is 0 Å². The number of aromatic nitrogens is 1. The number of Topliss-reactive ketones (excluding diaryl/α,β-unsaturated/α-hetero) is 1. The van der Waals surface area contributed by atoms with Crippen LogP contribution in [0.15, 0.2) is 83.7 Å². The van der Waals surface area contributed by atoms with Crippen molar-refractivity contribution in [1.82, 2.24) is 4.57 Å². The lowest BCUT2D eigenvalue weighted by Crippen LogP contribution is -2.36. The molecule has 0 aliphatic heterocycles. The molecule has 4 aromatic carbocycles. The molecule has 0 unspecified atom stereocenters. The molecule has 0 aliphatic rings. The SMILES string of the molecule is CCCOc1ccc2ccccc2c1/C=c1/s/c(=C\C(=O)C(C)(C)C)n(CC(=O)Nc2cccc3ccccc23)c1=O. The van der Waals surface area contributed by atoms with E-state index in [1.54, 1.807) is 0 Å². The molecule has 0 spiro atoms. The molecule has 42 heavy (non-hydrogen) atoms. The minimum absolute atomic E-state index is 0.129. The molecule has 0 atom stereocenters. The maximum absolute atomic E-state index is 13.9. The Morgan fingerprint density at radius 3 is 2.29 bits per heavy atom. The molecule has 1 N–H and O–H groups in total. The van der Waals surface area contributed by atoms with Gasteiger partial charge in [0.15, 0.2) is 5.78 Å². The van der Waals surface area contributed by atoms with Crippen LogP contribution in [-0.2, 0) is 16.1 Å². The molecule has 7 heteroatoms. The molecule has 214 valence electrons. The van der Waals surface area contributed by atoms with E-state index in [9.17, 15) is 14.4 Å². The van der Waals surface area contributed by atoms with Gasteiger partial charge < -0.3 is 10.1 Å². The van der Waals surface area contributed by atoms with Crippen molar-refractivity contribution in [2.45, 2.75) is 40.7 Å². The Bertz CT molecular complexity index is 1970. The standard InChI is InChI=1S/C35H34N2O4S/c1-5-19-41-29-18-17-24-12-6-8-14-25(24)27(29)20-30-34(40)37(33(42-30)21-31(38)35(2,3)4)22-32(39)36-28-16-10-13-23-11-7-9-15-26(23)28/h6-18,20-21H,5,19,22H2,1-4H3,(H,36,39)/b30-20+,33-21-. The zero-order valence-corrected chi connectivity index (χ0v) is 25.1. The zero-order chi connectivity index (χ0) is 29.9. The monoisotopic (exact) mass is 578 g/mol. The van der Waals surface area contributed by atoms with E-state index in [2.05, 4.69) is 5.32 Å². The van der Waals surface area contributed by atoms with Crippen LogP contribution in [0.4, 0.5) is 5.69 Å². The number of hydrogen-bond donors (Lipinski definition) is 1. The average Bonchev–Trinajstić information content (AvgIpc) is 3.25. The average molecular weight is 579 g/mol. The Hall–Kier alpha value is -4.49. The second kappa shape index (κ2) is 12.2. The summed E-state index contributed by atoms with van der Waals surface area (Å²) in [5.74, 6) is 0.198. The predicted molar refractivity (Wildman–Crippen MR) is 173 cm³/mol. The summed E-state index contributed by atoms with van der Waals surface area (Å²) in [4.78, 5) is 40.2. The van der Waals surface area contributed by atoms with E-state index < -0.39 is 5.41 Å². The molecule has 0 saturated heterocycles. The first-order valence-electron chi connectivity index (χ1n) is 14.1. The van der Waals surface area contributed by atoms with Crippen molar-refractivity contribution in [3.63, 3.8) is 0 Å². The van der Waals surface area contributed by atoms with E-state index in [1.165, 1.54) is 22.0 Å². The number of fused-ring (bicyclic) bond motifs is 2. The molecule has 6 nitrogen and oxygen atoms in total. The first-order chi connectivity index (χ1) is 20.2. The van der Waals surface area contributed by atoms with Crippen LogP contribution in [0.3, 0.4) is 0 Å². The van der Waals surface area contributed by atoms with Crippen LogP contribution >= 0.6 is 11.3 Å². The van der Waals surface area contributed by atoms with Crippen molar-refractivity contribution in [2.75, 3.05) is 11.9 Å². The number of nitrogens with zero attached hydrogens (tertiary/aromatic N) is 1. The van der Waals surface area contributed by atoms with Gasteiger partial charge in [-0.2, -0.15) is 0 Å². The number of carbonyl (C=O) groups excluding carboxylic acids is 2. The molecule has 0 radical (unpaired) electrons. The lowest BCUT2D eigenvalue weighted by molar-refractivity contribution is -0.120. The first kappa shape index (κ1) is 29.0. The van der Waals surface area contributed by atoms with E-state index in [0.29, 0.717) is 27.2 Å². The molecule has 5 rings (SSSR count). The topological polar surface area (TPSA) is 77.4 Å². The minimum atomic E-state index is -0.642. The molecule has 5 aromatic rings. The smallest absolute Gasteiger partial charge is 0.269 e. The summed E-state index contributed by atoms with van der Waals surface area (Å²) in [6.45, 7) is 7.84. The van der Waals surface area contributed by atoms with Gasteiger partial charge in [-0.3, -0.25) is 19.0 Å². The first-order valence-corrected chi connectivity index (χ1v) is 14.9. The number of ketones is 1. The van der Waals surface area contributed by atoms with E-state index in [0.717, 1.165) is 33.5 Å². The van der Waals surface area contributed by atoms with E-state index in [1.807, 2.05) is 113 Å². The fourth-order valence-corrected chi connectivity index (χ4v) is 5.71. The fraction of sp³-hybridized carbons (Fsp3) is 0.229. The normalized spacial score (nSPS) is 12.7. The van der Waals surface area contributed by atoms with Gasteiger partial charge in [-0.1, -0.05) is 94.4 Å². The van der Waals surface area contributed by atoms with E-state index in [-0.39, 0.29) is 23.8 Å². The highest BCUT2D eigenvalue weighted by Crippen LogP contribution is 2.29. The molecular weight excluding hydrogens is 544 g/mol. The third-order valence-electron chi connectivity index (χ3n) is 6.96. The molecule has 0 bridgehead atoms. The quantitative estimate of drug-likeness (QED) is 0.250. The number of ether oxygens (including phenoxy) is 1. The lowest BCUT2D eigenvalue weighted by atomic mass is 9.91. The molecule has 1 aromatic heterocycles. The Balaban J connectivity index is 1.63. The molecule has 1 amide bonds. The van der Waals surface area contributed by atoms with E-state index in [4.69, 9.17) is 4.74 Å². The van der Waals surface area contributed by atoms with Crippen LogP contribution in [0.5, 0.6) is 5.75 Å². The molecular formula is C35H34N2O4S. The Kier molecular flexibility index (Phi) is 8.41. The summed E-state index contributed by atoms with van der Waals surface area (Å²) < 4.78 is 8.29. The lowest BCUT2D eigenvalue weighted by Gasteiger charge is -2.13. The molecule has 1 heterocycles. The summed E-state index contributed by atoms with van der Waals surface area (Å²) in [5.41, 5.74) is 0.478. The van der Waals surface area contributed by atoms with Crippen LogP contribution in [0.25, 0.3) is 33.7 Å². The van der Waals surface area contributed by atoms with Crippen LogP contribution in [0, 0.1) is 5.41 Å². The van der Waals surface area contributed by atoms with Crippen LogP contribution < -0.4 is 24.8 Å². The van der Waals surface area contributed by atoms with E-state index >= 15 is 0 Å². The third kappa shape index (κ3) is 6.21. The number of thiazole rings is 1. The van der Waals surface area contributed by atoms with Gasteiger partial charge in [-0.25, -0.2) is 0 Å². The predicted octanol–water partition coefficient (Wildman–Crippen LogP) is 5.87. The Morgan fingerprint density at radius 2 is 1.57 bits per heavy atom. The third-order valence-corrected chi connectivity index (χ3v) is 8.02. The van der Waals surface area contributed by atoms with Crippen molar-refractivity contribution >= 4 is 62.4 Å². The second-order valence-electron chi connectivity index (χ2n) is 11.2. The summed E-state index contributed by atoms with van der Waals surface area (Å²) in [7, 11) is 0. The molecule has 0 saturated carbocycles. The highest BCUT2D eigenvalue weighted by Gasteiger charge is 2.20. The van der Waals surface area contributed by atoms with Crippen molar-refractivity contribution < 1.29 is 14.3 Å². The maximum atomic E-state index is 13.9. The van der Waals surface area contributed by atoms with Crippen LogP contribution in [0.2, 0.25) is 0 Å². The zero-order valence-electron chi connectivity index (χ0n) is 24.3. The number of carbonyl (C=O) groups is 2. The van der Waals surface area contributed by atoms with Crippen LogP contribution in [-0.4, -0.2) is 22.9 Å². The van der Waals surface area contributed by atoms with Crippen LogP contribution in [0.1, 0.15) is 39.7 Å². The van der Waals surface area contributed by atoms with Crippen molar-refractivity contribution in [3.05, 3.63) is 104 Å². The van der Waals surface area contributed by atoms with Crippen molar-refractivity contribution in [1.29, 1.82) is 0 Å². The van der Waals surface area contributed by atoms with Gasteiger partial charge in [0.1, 0.15) is 17.0 Å². The van der Waals surface area contributed by atoms with Gasteiger partial charge in [0, 0.05) is 28.1 Å². The molecule has 0 fully saturated rings. The number of anilines is 1. The van der Waals surface area contributed by atoms with Gasteiger partial charge in [0.05, 0.1) is 11.1 Å². The number of hydrogen-bond acceptors (Lipinski definition) is 5. The summed E-state index contributed by atoms with van der Waals surface area (Å²) >= 11 is 1.20. The number of rotatable bonds is 8. The van der Waals surface area contributed by atoms with Gasteiger partial charge in [-0.05, 0) is 40.8 Å². The summed E-state index contributed by atoms with van der Waals surface area (Å²) in [6.07, 6.45) is 4.14. The Morgan fingerprint density at radius 1 is 0.905 bits per heavy atom. The minimum Gasteiger partial charge on any atom is -0.493 e. The Labute approximate surface area is 248 Å². The molecule has 0 aliphatic carbocycles. The van der Waals surface area contributed by atoms with Gasteiger partial charge in [0.25, 0.3) is 5.56 Å². The number of nitrogens with one attached hydrogen (secondary N) is 1. The largest absolute Gasteiger partial charge is 0.493 e. The number of benzene rings is 4. The highest BCUT2D eigenvalue weighted by molar-refractivity contribution is 7.07. The maximum Gasteiger partial charge on any atom is 0.269 e. The summed E-state index contributed by atoms with van der Waals surface area (Å²) in [5, 5.41) is 6.85. The second-order valence-corrected chi connectivity index (χ2v) is 12.3. The van der Waals surface area contributed by atoms with Gasteiger partial charge in [0.2, 0.25) is 5.91 Å². The van der Waals surface area contributed by atoms with Gasteiger partial charge in [-0.15, -0.1) is 11.3 Å².